The zero-order valence-electron chi connectivity index (χ0n) is 11.1. The number of hydrogen-bond donors (Lipinski definition) is 1. The molecule has 0 aliphatic rings. The third-order valence-corrected chi connectivity index (χ3v) is 3.96. The molecular formula is C17H17N2. The number of aromatic amines is 1. The van der Waals surface area contributed by atoms with Gasteiger partial charge in [-0.3, -0.25) is 0 Å². The van der Waals surface area contributed by atoms with Gasteiger partial charge in [-0.15, -0.1) is 0 Å². The Kier molecular flexibility index (Phi) is 2.86. The maximum absolute atomic E-state index is 4.37. The molecule has 1 aromatic carbocycles. The van der Waals surface area contributed by atoms with Gasteiger partial charge in [0.05, 0.1) is 0 Å². The highest BCUT2D eigenvalue weighted by Crippen LogP contribution is 2.38. The number of hydrogen-bond acceptors (Lipinski definition) is 1. The first-order chi connectivity index (χ1) is 9.25. The monoisotopic (exact) mass is 249 g/mol. The van der Waals surface area contributed by atoms with Crippen LogP contribution in [0.4, 0.5) is 0 Å². The number of nitrogens with zero attached hydrogens (tertiary/aromatic N) is 1. The number of pyridine rings is 1. The molecule has 19 heavy (non-hydrogen) atoms. The number of fused-ring (bicyclic) bond motifs is 1. The summed E-state index contributed by atoms with van der Waals surface area (Å²) in [5.41, 5.74) is 3.39. The quantitative estimate of drug-likeness (QED) is 0.744. The molecule has 2 aromatic heterocycles. The normalized spacial score (nSPS) is 14.4. The van der Waals surface area contributed by atoms with Crippen LogP contribution in [0.1, 0.15) is 24.5 Å². The van der Waals surface area contributed by atoms with E-state index in [4.69, 9.17) is 0 Å². The Morgan fingerprint density at radius 1 is 1.16 bits per heavy atom. The van der Waals surface area contributed by atoms with Crippen molar-refractivity contribution in [3.63, 3.8) is 0 Å². The summed E-state index contributed by atoms with van der Waals surface area (Å²) in [6, 6.07) is 14.6. The van der Waals surface area contributed by atoms with Crippen molar-refractivity contribution in [1.82, 2.24) is 9.97 Å². The Morgan fingerprint density at radius 3 is 2.68 bits per heavy atom. The van der Waals surface area contributed by atoms with Gasteiger partial charge in [-0.2, -0.15) is 0 Å². The highest BCUT2D eigenvalue weighted by Gasteiger charge is 2.29. The lowest BCUT2D eigenvalue weighted by molar-refractivity contribution is 0.583. The smallest absolute Gasteiger partial charge is 0.137 e. The molecule has 1 unspecified atom stereocenters. The third kappa shape index (κ3) is 1.84. The second-order valence-corrected chi connectivity index (χ2v) is 5.05. The molecule has 0 saturated carbocycles. The Labute approximate surface area is 113 Å². The van der Waals surface area contributed by atoms with Gasteiger partial charge >= 0.3 is 0 Å². The topological polar surface area (TPSA) is 28.7 Å². The molecule has 3 rings (SSSR count). The lowest BCUT2D eigenvalue weighted by Crippen LogP contribution is -2.22. The first-order valence-corrected chi connectivity index (χ1v) is 6.53. The van der Waals surface area contributed by atoms with E-state index in [1.54, 1.807) is 0 Å². The molecule has 2 heteroatoms. The lowest BCUT2D eigenvalue weighted by atomic mass is 9.74. The fraction of sp³-hybridized carbons (Fsp3) is 0.176. The molecule has 0 bridgehead atoms. The molecule has 1 atom stereocenters. The fourth-order valence-corrected chi connectivity index (χ4v) is 2.65. The van der Waals surface area contributed by atoms with E-state index in [2.05, 4.69) is 60.3 Å². The number of benzene rings is 1. The van der Waals surface area contributed by atoms with Crippen molar-refractivity contribution in [2.24, 2.45) is 0 Å². The van der Waals surface area contributed by atoms with E-state index in [0.29, 0.717) is 0 Å². The van der Waals surface area contributed by atoms with Crippen molar-refractivity contribution in [2.75, 3.05) is 0 Å². The van der Waals surface area contributed by atoms with Crippen molar-refractivity contribution < 1.29 is 0 Å². The number of nitrogens with one attached hydrogen (secondary N) is 1. The minimum Gasteiger partial charge on any atom is -0.346 e. The van der Waals surface area contributed by atoms with Crippen molar-refractivity contribution in [1.29, 1.82) is 0 Å². The van der Waals surface area contributed by atoms with Crippen molar-refractivity contribution >= 4 is 11.0 Å². The molecule has 0 spiro atoms. The number of rotatable bonds is 3. The largest absolute Gasteiger partial charge is 0.346 e. The molecule has 0 fully saturated rings. The molecular weight excluding hydrogens is 232 g/mol. The van der Waals surface area contributed by atoms with E-state index < -0.39 is 0 Å². The van der Waals surface area contributed by atoms with E-state index in [9.17, 15) is 0 Å². The SMILES string of the molecule is [CH2]CC(C)(c1ccccc1)c1c[nH]c2ncccc12. The summed E-state index contributed by atoms with van der Waals surface area (Å²) in [7, 11) is 0. The van der Waals surface area contributed by atoms with Crippen LogP contribution in [0.25, 0.3) is 11.0 Å². The first-order valence-electron chi connectivity index (χ1n) is 6.53. The predicted molar refractivity (Wildman–Crippen MR) is 79.0 cm³/mol. The van der Waals surface area contributed by atoms with Crippen LogP contribution in [-0.2, 0) is 5.41 Å². The van der Waals surface area contributed by atoms with Crippen LogP contribution in [0.5, 0.6) is 0 Å². The molecule has 3 aromatic rings. The molecule has 0 aliphatic heterocycles. The highest BCUT2D eigenvalue weighted by molar-refractivity contribution is 5.81. The van der Waals surface area contributed by atoms with Gasteiger partial charge in [0, 0.05) is 23.2 Å². The molecule has 0 amide bonds. The minimum atomic E-state index is -0.0947. The Hall–Kier alpha value is -2.09. The van der Waals surface area contributed by atoms with E-state index in [0.717, 1.165) is 12.1 Å². The second-order valence-electron chi connectivity index (χ2n) is 5.05. The van der Waals surface area contributed by atoms with Crippen LogP contribution >= 0.6 is 0 Å². The van der Waals surface area contributed by atoms with Crippen LogP contribution < -0.4 is 0 Å². The van der Waals surface area contributed by atoms with Crippen molar-refractivity contribution in [3.8, 4) is 0 Å². The van der Waals surface area contributed by atoms with Crippen molar-refractivity contribution in [2.45, 2.75) is 18.8 Å². The average Bonchev–Trinajstić information content (AvgIpc) is 2.92. The average molecular weight is 249 g/mol. The first kappa shape index (κ1) is 12.0. The van der Waals surface area contributed by atoms with Gasteiger partial charge < -0.3 is 4.98 Å². The van der Waals surface area contributed by atoms with Gasteiger partial charge in [0.2, 0.25) is 0 Å². The van der Waals surface area contributed by atoms with E-state index >= 15 is 0 Å². The second kappa shape index (κ2) is 4.54. The zero-order chi connectivity index (χ0) is 13.3. The van der Waals surface area contributed by atoms with Crippen molar-refractivity contribution in [3.05, 3.63) is 72.9 Å². The van der Waals surface area contributed by atoms with E-state index in [1.807, 2.05) is 18.3 Å². The Bertz CT molecular complexity index is 685. The minimum absolute atomic E-state index is 0.0947. The van der Waals surface area contributed by atoms with Crippen LogP contribution in [0.15, 0.2) is 54.9 Å². The third-order valence-electron chi connectivity index (χ3n) is 3.96. The van der Waals surface area contributed by atoms with Crippen LogP contribution in [0.2, 0.25) is 0 Å². The molecule has 1 N–H and O–H groups in total. The molecule has 2 nitrogen and oxygen atoms in total. The standard InChI is InChI=1S/C17H17N2/c1-3-17(2,13-8-5-4-6-9-13)15-12-19-16-14(15)10-7-11-18-16/h4-12H,1,3H2,2H3,(H,18,19). The summed E-state index contributed by atoms with van der Waals surface area (Å²) in [6.07, 6.45) is 4.68. The molecule has 0 aliphatic carbocycles. The van der Waals surface area contributed by atoms with Gasteiger partial charge in [-0.05, 0) is 29.7 Å². The molecule has 2 heterocycles. The summed E-state index contributed by atoms with van der Waals surface area (Å²) in [4.78, 5) is 7.63. The summed E-state index contributed by atoms with van der Waals surface area (Å²) in [6.45, 7) is 6.40. The molecule has 0 saturated heterocycles. The molecule has 1 radical (unpaired) electrons. The van der Waals surface area contributed by atoms with Gasteiger partial charge in [0.15, 0.2) is 0 Å². The summed E-state index contributed by atoms with van der Waals surface area (Å²) in [5.74, 6) is 0. The Balaban J connectivity index is 2.22. The summed E-state index contributed by atoms with van der Waals surface area (Å²) >= 11 is 0. The Morgan fingerprint density at radius 2 is 1.95 bits per heavy atom. The van der Waals surface area contributed by atoms with Crippen LogP contribution in [0, 0.1) is 6.92 Å². The van der Waals surface area contributed by atoms with Gasteiger partial charge in [-0.25, -0.2) is 4.98 Å². The highest BCUT2D eigenvalue weighted by atomic mass is 14.8. The van der Waals surface area contributed by atoms with Gasteiger partial charge in [-0.1, -0.05) is 44.2 Å². The predicted octanol–water partition coefficient (Wildman–Crippen LogP) is 4.09. The molecule has 95 valence electrons. The van der Waals surface area contributed by atoms with Gasteiger partial charge in [0.1, 0.15) is 5.65 Å². The summed E-state index contributed by atoms with van der Waals surface area (Å²) < 4.78 is 0. The lowest BCUT2D eigenvalue weighted by Gasteiger charge is -2.28. The van der Waals surface area contributed by atoms with Gasteiger partial charge in [0.25, 0.3) is 0 Å². The van der Waals surface area contributed by atoms with E-state index in [-0.39, 0.29) is 5.41 Å². The maximum atomic E-state index is 4.37. The summed E-state index contributed by atoms with van der Waals surface area (Å²) in [5, 5.41) is 1.18. The van der Waals surface area contributed by atoms with Crippen LogP contribution in [-0.4, -0.2) is 9.97 Å². The maximum Gasteiger partial charge on any atom is 0.137 e. The van der Waals surface area contributed by atoms with E-state index in [1.165, 1.54) is 16.5 Å². The van der Waals surface area contributed by atoms with Crippen LogP contribution in [0.3, 0.4) is 0 Å². The number of H-pyrrole nitrogens is 1. The zero-order valence-corrected chi connectivity index (χ0v) is 11.1. The number of aromatic nitrogens is 2. The fourth-order valence-electron chi connectivity index (χ4n) is 2.65.